The molecular weight excluding hydrogens is 344 g/mol. The number of anilines is 1. The van der Waals surface area contributed by atoms with Crippen LogP contribution in [0.1, 0.15) is 30.6 Å². The van der Waals surface area contributed by atoms with E-state index in [0.717, 1.165) is 33.2 Å². The number of benzene rings is 1. The van der Waals surface area contributed by atoms with Gasteiger partial charge in [0.2, 0.25) is 0 Å². The van der Waals surface area contributed by atoms with Crippen molar-refractivity contribution < 1.29 is 8.42 Å². The molecule has 0 radical (unpaired) electrons. The first kappa shape index (κ1) is 16.9. The predicted octanol–water partition coefficient (Wildman–Crippen LogP) is 3.30. The summed E-state index contributed by atoms with van der Waals surface area (Å²) >= 11 is 1.59. The molecule has 24 heavy (non-hydrogen) atoms. The van der Waals surface area contributed by atoms with Crippen LogP contribution < -0.4 is 5.32 Å². The molecular formula is C16H20N4O2S2. The van der Waals surface area contributed by atoms with Gasteiger partial charge in [-0.1, -0.05) is 30.4 Å². The van der Waals surface area contributed by atoms with Crippen molar-refractivity contribution in [1.29, 1.82) is 0 Å². The molecule has 3 aromatic rings. The Bertz CT molecular complexity index is 937. The summed E-state index contributed by atoms with van der Waals surface area (Å²) in [5, 5.41) is 8.66. The third kappa shape index (κ3) is 3.16. The average molecular weight is 364 g/mol. The highest BCUT2D eigenvalue weighted by atomic mass is 32.2. The number of rotatable bonds is 5. The highest BCUT2D eigenvalue weighted by Gasteiger charge is 2.16. The molecule has 2 heterocycles. The molecule has 3 rings (SSSR count). The zero-order valence-corrected chi connectivity index (χ0v) is 15.7. The van der Waals surface area contributed by atoms with Crippen LogP contribution in [0.25, 0.3) is 10.3 Å². The minimum Gasteiger partial charge on any atom is -0.355 e. The van der Waals surface area contributed by atoms with Gasteiger partial charge in [0.15, 0.2) is 20.6 Å². The maximum atomic E-state index is 11.6. The molecule has 1 unspecified atom stereocenters. The maximum Gasteiger partial charge on any atom is 0.185 e. The average Bonchev–Trinajstić information content (AvgIpc) is 3.06. The highest BCUT2D eigenvalue weighted by Crippen LogP contribution is 2.31. The number of thiazole rings is 1. The number of nitrogens with one attached hydrogen (secondary N) is 1. The molecule has 2 aromatic heterocycles. The van der Waals surface area contributed by atoms with Gasteiger partial charge in [0.25, 0.3) is 0 Å². The first-order chi connectivity index (χ1) is 11.3. The van der Waals surface area contributed by atoms with Crippen molar-refractivity contribution in [2.75, 3.05) is 11.6 Å². The first-order valence-corrected chi connectivity index (χ1v) is 10.4. The Morgan fingerprint density at radius 1 is 1.29 bits per heavy atom. The van der Waals surface area contributed by atoms with Crippen molar-refractivity contribution in [2.24, 2.45) is 7.05 Å². The summed E-state index contributed by atoms with van der Waals surface area (Å²) in [6, 6.07) is 7.10. The fraction of sp³-hybridized carbons (Fsp3) is 0.375. The van der Waals surface area contributed by atoms with Crippen LogP contribution in [0, 0.1) is 6.92 Å². The first-order valence-electron chi connectivity index (χ1n) is 7.66. The Kier molecular flexibility index (Phi) is 4.35. The van der Waals surface area contributed by atoms with E-state index >= 15 is 0 Å². The number of aromatic nitrogens is 3. The van der Waals surface area contributed by atoms with E-state index in [1.54, 1.807) is 28.2 Å². The molecule has 0 spiro atoms. The van der Waals surface area contributed by atoms with Crippen molar-refractivity contribution >= 4 is 36.7 Å². The van der Waals surface area contributed by atoms with Gasteiger partial charge in [0.1, 0.15) is 0 Å². The van der Waals surface area contributed by atoms with Gasteiger partial charge in [0, 0.05) is 13.3 Å². The van der Waals surface area contributed by atoms with E-state index in [0.29, 0.717) is 4.90 Å². The lowest BCUT2D eigenvalue weighted by Gasteiger charge is -2.17. The monoisotopic (exact) mass is 364 g/mol. The van der Waals surface area contributed by atoms with E-state index in [9.17, 15) is 8.42 Å². The van der Waals surface area contributed by atoms with Gasteiger partial charge in [0.05, 0.1) is 21.3 Å². The maximum absolute atomic E-state index is 11.6. The standard InChI is InChI=1S/C16H20N4O2S2/c1-5-13(11-6-8-12(9-7-11)24(4,21)22)17-16-18-15-14(23-16)10(2)19-20(15)3/h6-9,13H,5H2,1-4H3,(H,17,18). The summed E-state index contributed by atoms with van der Waals surface area (Å²) < 4.78 is 26.0. The van der Waals surface area contributed by atoms with Crippen LogP contribution >= 0.6 is 11.3 Å². The van der Waals surface area contributed by atoms with Gasteiger partial charge in [-0.05, 0) is 31.0 Å². The second kappa shape index (κ2) is 6.18. The molecule has 0 aliphatic rings. The molecule has 1 aromatic carbocycles. The number of sulfone groups is 1. The molecule has 1 atom stereocenters. The van der Waals surface area contributed by atoms with Crippen molar-refractivity contribution in [3.8, 4) is 0 Å². The van der Waals surface area contributed by atoms with Crippen LogP contribution in [-0.2, 0) is 16.9 Å². The molecule has 128 valence electrons. The topological polar surface area (TPSA) is 76.9 Å². The van der Waals surface area contributed by atoms with E-state index in [-0.39, 0.29) is 6.04 Å². The van der Waals surface area contributed by atoms with Crippen LogP contribution in [0.5, 0.6) is 0 Å². The highest BCUT2D eigenvalue weighted by molar-refractivity contribution is 7.90. The summed E-state index contributed by atoms with van der Waals surface area (Å²) in [6.45, 7) is 4.06. The molecule has 0 bridgehead atoms. The summed E-state index contributed by atoms with van der Waals surface area (Å²) in [7, 11) is -1.28. The van der Waals surface area contributed by atoms with Gasteiger partial charge in [-0.15, -0.1) is 0 Å². The van der Waals surface area contributed by atoms with Gasteiger partial charge >= 0.3 is 0 Å². The third-order valence-corrected chi connectivity index (χ3v) is 6.17. The Labute approximate surface area is 145 Å². The predicted molar refractivity (Wildman–Crippen MR) is 97.3 cm³/mol. The summed E-state index contributed by atoms with van der Waals surface area (Å²) in [5.41, 5.74) is 2.89. The van der Waals surface area contributed by atoms with E-state index in [1.807, 2.05) is 26.1 Å². The largest absolute Gasteiger partial charge is 0.355 e. The SMILES string of the molecule is CCC(Nc1nc2c(s1)c(C)nn2C)c1ccc(S(C)(=O)=O)cc1. The molecule has 0 aliphatic carbocycles. The second-order valence-electron chi connectivity index (χ2n) is 5.83. The minimum atomic E-state index is -3.17. The summed E-state index contributed by atoms with van der Waals surface area (Å²) in [6.07, 6.45) is 2.08. The lowest BCUT2D eigenvalue weighted by atomic mass is 10.1. The number of hydrogen-bond acceptors (Lipinski definition) is 6. The molecule has 0 saturated carbocycles. The van der Waals surface area contributed by atoms with Crippen molar-refractivity contribution in [3.63, 3.8) is 0 Å². The van der Waals surface area contributed by atoms with E-state index in [2.05, 4.69) is 22.3 Å². The van der Waals surface area contributed by atoms with Gasteiger partial charge < -0.3 is 5.32 Å². The van der Waals surface area contributed by atoms with Crippen molar-refractivity contribution in [1.82, 2.24) is 14.8 Å². The van der Waals surface area contributed by atoms with Crippen LogP contribution in [0.2, 0.25) is 0 Å². The second-order valence-corrected chi connectivity index (χ2v) is 8.84. The summed E-state index contributed by atoms with van der Waals surface area (Å²) in [4.78, 5) is 4.95. The molecule has 8 heteroatoms. The molecule has 0 amide bonds. The lowest BCUT2D eigenvalue weighted by molar-refractivity contribution is 0.601. The molecule has 0 fully saturated rings. The van der Waals surface area contributed by atoms with E-state index in [4.69, 9.17) is 0 Å². The van der Waals surface area contributed by atoms with E-state index in [1.165, 1.54) is 6.26 Å². The van der Waals surface area contributed by atoms with Gasteiger partial charge in [-0.25, -0.2) is 18.1 Å². The Hall–Kier alpha value is -1.93. The Morgan fingerprint density at radius 3 is 2.50 bits per heavy atom. The van der Waals surface area contributed by atoms with Crippen molar-refractivity contribution in [3.05, 3.63) is 35.5 Å². The number of fused-ring (bicyclic) bond motifs is 1. The fourth-order valence-corrected chi connectivity index (χ4v) is 4.28. The van der Waals surface area contributed by atoms with Crippen LogP contribution in [0.4, 0.5) is 5.13 Å². The molecule has 6 nitrogen and oxygen atoms in total. The van der Waals surface area contributed by atoms with Gasteiger partial charge in [-0.2, -0.15) is 5.10 Å². The number of hydrogen-bond donors (Lipinski definition) is 1. The third-order valence-electron chi connectivity index (χ3n) is 3.96. The Morgan fingerprint density at radius 2 is 1.96 bits per heavy atom. The zero-order valence-electron chi connectivity index (χ0n) is 14.1. The normalized spacial score (nSPS) is 13.3. The zero-order chi connectivity index (χ0) is 17.5. The van der Waals surface area contributed by atoms with Crippen molar-refractivity contribution in [2.45, 2.75) is 31.2 Å². The minimum absolute atomic E-state index is 0.0763. The fourth-order valence-electron chi connectivity index (χ4n) is 2.66. The van der Waals surface area contributed by atoms with Crippen LogP contribution in [0.15, 0.2) is 29.2 Å². The Balaban J connectivity index is 1.86. The number of aryl methyl sites for hydroxylation is 2. The van der Waals surface area contributed by atoms with E-state index < -0.39 is 9.84 Å². The van der Waals surface area contributed by atoms with Gasteiger partial charge in [-0.3, -0.25) is 0 Å². The smallest absolute Gasteiger partial charge is 0.185 e. The van der Waals surface area contributed by atoms with Crippen LogP contribution in [0.3, 0.4) is 0 Å². The van der Waals surface area contributed by atoms with Crippen LogP contribution in [-0.4, -0.2) is 29.4 Å². The molecule has 0 aliphatic heterocycles. The number of nitrogens with zero attached hydrogens (tertiary/aromatic N) is 3. The molecule has 1 N–H and O–H groups in total. The lowest BCUT2D eigenvalue weighted by Crippen LogP contribution is -2.10. The summed E-state index contributed by atoms with van der Waals surface area (Å²) in [5.74, 6) is 0. The molecule has 0 saturated heterocycles. The quantitative estimate of drug-likeness (QED) is 0.751.